The van der Waals surface area contributed by atoms with E-state index in [1.165, 1.54) is 30.3 Å². The molecule has 8 heteroatoms. The van der Waals surface area contributed by atoms with Gasteiger partial charge in [0.1, 0.15) is 0 Å². The molecule has 144 valence electrons. The molecule has 2 amide bonds. The van der Waals surface area contributed by atoms with Crippen LogP contribution < -0.4 is 10.0 Å². The number of sulfonamides is 1. The van der Waals surface area contributed by atoms with Crippen LogP contribution in [0, 0.1) is 6.92 Å². The Bertz CT molecular complexity index is 908. The van der Waals surface area contributed by atoms with Gasteiger partial charge in [-0.2, -0.15) is 0 Å². The molecule has 0 atom stereocenters. The summed E-state index contributed by atoms with van der Waals surface area (Å²) in [6.45, 7) is 4.00. The van der Waals surface area contributed by atoms with E-state index < -0.39 is 22.0 Å². The van der Waals surface area contributed by atoms with E-state index in [1.807, 2.05) is 11.6 Å². The average molecular weight is 390 g/mol. The highest BCUT2D eigenvalue weighted by Gasteiger charge is 2.19. The van der Waals surface area contributed by atoms with Gasteiger partial charge in [0.25, 0.3) is 10.0 Å². The molecule has 0 unspecified atom stereocenters. The second-order valence-corrected chi connectivity index (χ2v) is 7.54. The monoisotopic (exact) mass is 390 g/mol. The number of esters is 1. The fourth-order valence-electron chi connectivity index (χ4n) is 2.27. The van der Waals surface area contributed by atoms with Crippen LogP contribution in [0.5, 0.6) is 0 Å². The van der Waals surface area contributed by atoms with Crippen molar-refractivity contribution < 1.29 is 22.7 Å². The Morgan fingerprint density at radius 2 is 1.70 bits per heavy atom. The molecule has 0 radical (unpaired) electrons. The average Bonchev–Trinajstić information content (AvgIpc) is 2.62. The number of nitrogens with one attached hydrogen (secondary N) is 2. The van der Waals surface area contributed by atoms with Gasteiger partial charge in [-0.15, -0.1) is 0 Å². The van der Waals surface area contributed by atoms with E-state index in [-0.39, 0.29) is 4.90 Å². The van der Waals surface area contributed by atoms with Crippen molar-refractivity contribution >= 4 is 27.7 Å². The van der Waals surface area contributed by atoms with Crippen LogP contribution in [0.1, 0.15) is 35.7 Å². The van der Waals surface area contributed by atoms with Gasteiger partial charge in [-0.25, -0.2) is 22.7 Å². The van der Waals surface area contributed by atoms with Crippen molar-refractivity contribution in [1.29, 1.82) is 0 Å². The predicted octanol–water partition coefficient (Wildman–Crippen LogP) is 3.46. The second kappa shape index (κ2) is 9.18. The van der Waals surface area contributed by atoms with Crippen LogP contribution in [-0.4, -0.2) is 27.0 Å². The number of urea groups is 1. The van der Waals surface area contributed by atoms with Gasteiger partial charge < -0.3 is 10.1 Å². The first kappa shape index (κ1) is 20.4. The maximum atomic E-state index is 12.3. The lowest BCUT2D eigenvalue weighted by Crippen LogP contribution is -2.34. The smallest absolute Gasteiger partial charge is 0.338 e. The number of aryl methyl sites for hydroxylation is 1. The normalized spacial score (nSPS) is 10.9. The van der Waals surface area contributed by atoms with Gasteiger partial charge in [0.05, 0.1) is 17.1 Å². The van der Waals surface area contributed by atoms with Gasteiger partial charge >= 0.3 is 12.0 Å². The van der Waals surface area contributed by atoms with Crippen molar-refractivity contribution in [3.05, 3.63) is 59.7 Å². The Balaban J connectivity index is 1.98. The molecule has 0 fully saturated rings. The molecule has 2 aromatic carbocycles. The van der Waals surface area contributed by atoms with Crippen LogP contribution >= 0.6 is 0 Å². The molecular weight excluding hydrogens is 368 g/mol. The van der Waals surface area contributed by atoms with Crippen molar-refractivity contribution in [2.75, 3.05) is 11.9 Å². The van der Waals surface area contributed by atoms with Gasteiger partial charge in [0, 0.05) is 5.69 Å². The molecule has 0 saturated heterocycles. The summed E-state index contributed by atoms with van der Waals surface area (Å²) in [5, 5.41) is 2.42. The number of carbonyl (C=O) groups is 2. The SMILES string of the molecule is CCCCOC(=O)c1ccc(NC(=O)NS(=O)(=O)c2ccccc2C)cc1. The van der Waals surface area contributed by atoms with Crippen molar-refractivity contribution in [1.82, 2.24) is 4.72 Å². The molecular formula is C19H22N2O5S. The third-order valence-electron chi connectivity index (χ3n) is 3.72. The second-order valence-electron chi connectivity index (χ2n) is 5.89. The third-order valence-corrected chi connectivity index (χ3v) is 5.21. The van der Waals surface area contributed by atoms with E-state index in [0.29, 0.717) is 23.4 Å². The van der Waals surface area contributed by atoms with E-state index in [2.05, 4.69) is 5.32 Å². The van der Waals surface area contributed by atoms with Crippen molar-refractivity contribution in [2.45, 2.75) is 31.6 Å². The van der Waals surface area contributed by atoms with Crippen LogP contribution in [0.4, 0.5) is 10.5 Å². The Kier molecular flexibility index (Phi) is 6.95. The number of carbonyl (C=O) groups excluding carboxylic acids is 2. The molecule has 0 aliphatic carbocycles. The van der Waals surface area contributed by atoms with Gasteiger partial charge in [0.15, 0.2) is 0 Å². The molecule has 7 nitrogen and oxygen atoms in total. The maximum absolute atomic E-state index is 12.3. The summed E-state index contributed by atoms with van der Waals surface area (Å²) >= 11 is 0. The number of hydrogen-bond donors (Lipinski definition) is 2. The summed E-state index contributed by atoms with van der Waals surface area (Å²) in [5.74, 6) is -0.443. The molecule has 2 N–H and O–H groups in total. The minimum Gasteiger partial charge on any atom is -0.462 e. The first-order chi connectivity index (χ1) is 12.8. The maximum Gasteiger partial charge on any atom is 0.338 e. The lowest BCUT2D eigenvalue weighted by atomic mass is 10.2. The molecule has 0 aliphatic heterocycles. The number of anilines is 1. The molecule has 0 aliphatic rings. The summed E-state index contributed by atoms with van der Waals surface area (Å²) in [7, 11) is -3.98. The first-order valence-corrected chi connectivity index (χ1v) is 9.98. The molecule has 2 aromatic rings. The third kappa shape index (κ3) is 5.82. The summed E-state index contributed by atoms with van der Waals surface area (Å²) in [6.07, 6.45) is 1.72. The Morgan fingerprint density at radius 3 is 2.33 bits per heavy atom. The first-order valence-electron chi connectivity index (χ1n) is 8.50. The highest BCUT2D eigenvalue weighted by molar-refractivity contribution is 7.90. The van der Waals surface area contributed by atoms with E-state index in [9.17, 15) is 18.0 Å². The standard InChI is InChI=1S/C19H22N2O5S/c1-3-4-13-26-18(22)15-9-11-16(12-10-15)20-19(23)21-27(24,25)17-8-6-5-7-14(17)2/h5-12H,3-4,13H2,1-2H3,(H2,20,21,23). The Morgan fingerprint density at radius 1 is 1.04 bits per heavy atom. The van der Waals surface area contributed by atoms with Crippen LogP contribution in [0.2, 0.25) is 0 Å². The van der Waals surface area contributed by atoms with Gasteiger partial charge in [-0.1, -0.05) is 31.5 Å². The van der Waals surface area contributed by atoms with Crippen molar-refractivity contribution in [2.24, 2.45) is 0 Å². The van der Waals surface area contributed by atoms with Crippen LogP contribution in [0.15, 0.2) is 53.4 Å². The molecule has 0 spiro atoms. The van der Waals surface area contributed by atoms with Gasteiger partial charge in [-0.05, 0) is 49.2 Å². The molecule has 2 rings (SSSR count). The predicted molar refractivity (Wildman–Crippen MR) is 102 cm³/mol. The lowest BCUT2D eigenvalue weighted by Gasteiger charge is -2.10. The summed E-state index contributed by atoms with van der Waals surface area (Å²) in [6, 6.07) is 11.5. The fourth-order valence-corrected chi connectivity index (χ4v) is 3.43. The van der Waals surface area contributed by atoms with Gasteiger partial charge in [-0.3, -0.25) is 0 Å². The van der Waals surface area contributed by atoms with Crippen LogP contribution in [-0.2, 0) is 14.8 Å². The number of benzene rings is 2. The van der Waals surface area contributed by atoms with Crippen molar-refractivity contribution in [3.8, 4) is 0 Å². The fraction of sp³-hybridized carbons (Fsp3) is 0.263. The molecule has 0 saturated carbocycles. The summed E-state index contributed by atoms with van der Waals surface area (Å²) in [5.41, 5.74) is 1.23. The van der Waals surface area contributed by atoms with Crippen LogP contribution in [0.25, 0.3) is 0 Å². The van der Waals surface area contributed by atoms with E-state index in [0.717, 1.165) is 12.8 Å². The number of amides is 2. The molecule has 0 aromatic heterocycles. The molecule has 0 heterocycles. The van der Waals surface area contributed by atoms with E-state index >= 15 is 0 Å². The topological polar surface area (TPSA) is 102 Å². The minimum atomic E-state index is -3.98. The molecule has 27 heavy (non-hydrogen) atoms. The summed E-state index contributed by atoms with van der Waals surface area (Å²) < 4.78 is 31.6. The highest BCUT2D eigenvalue weighted by atomic mass is 32.2. The zero-order valence-electron chi connectivity index (χ0n) is 15.2. The van der Waals surface area contributed by atoms with E-state index in [1.54, 1.807) is 25.1 Å². The zero-order valence-corrected chi connectivity index (χ0v) is 16.0. The zero-order chi connectivity index (χ0) is 19.9. The van der Waals surface area contributed by atoms with E-state index in [4.69, 9.17) is 4.74 Å². The number of ether oxygens (including phenoxy) is 1. The van der Waals surface area contributed by atoms with Gasteiger partial charge in [0.2, 0.25) is 0 Å². The number of rotatable bonds is 7. The summed E-state index contributed by atoms with van der Waals surface area (Å²) in [4.78, 5) is 23.9. The minimum absolute atomic E-state index is 0.0327. The Labute approximate surface area is 158 Å². The quantitative estimate of drug-likeness (QED) is 0.557. The number of hydrogen-bond acceptors (Lipinski definition) is 5. The number of unbranched alkanes of at least 4 members (excludes halogenated alkanes) is 1. The largest absolute Gasteiger partial charge is 0.462 e. The lowest BCUT2D eigenvalue weighted by molar-refractivity contribution is 0.0499. The Hall–Kier alpha value is -2.87. The van der Waals surface area contributed by atoms with Crippen LogP contribution in [0.3, 0.4) is 0 Å². The highest BCUT2D eigenvalue weighted by Crippen LogP contribution is 2.15. The molecule has 0 bridgehead atoms. The van der Waals surface area contributed by atoms with Crippen molar-refractivity contribution in [3.63, 3.8) is 0 Å².